The Morgan fingerprint density at radius 3 is 2.71 bits per heavy atom. The number of likely N-dealkylation sites (tertiary alicyclic amines) is 1. The maximum Gasteiger partial charge on any atom is 0.231 e. The van der Waals surface area contributed by atoms with Gasteiger partial charge in [-0.05, 0) is 44.2 Å². The number of rotatable bonds is 7. The molecule has 6 heteroatoms. The van der Waals surface area contributed by atoms with Crippen molar-refractivity contribution >= 4 is 11.7 Å². The van der Waals surface area contributed by atoms with Crippen LogP contribution in [0.2, 0.25) is 0 Å². The highest BCUT2D eigenvalue weighted by atomic mass is 16.5. The maximum atomic E-state index is 12.4. The highest BCUT2D eigenvalue weighted by molar-refractivity contribution is 5.92. The van der Waals surface area contributed by atoms with E-state index in [-0.39, 0.29) is 11.8 Å². The summed E-state index contributed by atoms with van der Waals surface area (Å²) >= 11 is 0. The SMILES string of the molecule is O=C(Nc1ccnn1C1CCN(CCCc2ccccc2)CC1)C1CCOC1. The average Bonchev–Trinajstić information content (AvgIpc) is 3.42. The molecule has 150 valence electrons. The summed E-state index contributed by atoms with van der Waals surface area (Å²) in [6, 6.07) is 13.0. The van der Waals surface area contributed by atoms with Gasteiger partial charge in [0.15, 0.2) is 0 Å². The third kappa shape index (κ3) is 4.80. The van der Waals surface area contributed by atoms with Crippen LogP contribution in [0.4, 0.5) is 5.82 Å². The van der Waals surface area contributed by atoms with E-state index in [1.807, 2.05) is 10.7 Å². The van der Waals surface area contributed by atoms with Gasteiger partial charge < -0.3 is 15.0 Å². The van der Waals surface area contributed by atoms with Gasteiger partial charge in [0.25, 0.3) is 0 Å². The molecule has 1 amide bonds. The second-order valence-electron chi connectivity index (χ2n) is 7.87. The number of piperidine rings is 1. The zero-order chi connectivity index (χ0) is 19.2. The van der Waals surface area contributed by atoms with Crippen LogP contribution in [0.15, 0.2) is 42.6 Å². The first-order chi connectivity index (χ1) is 13.8. The lowest BCUT2D eigenvalue weighted by molar-refractivity contribution is -0.119. The summed E-state index contributed by atoms with van der Waals surface area (Å²) in [6.07, 6.45) is 7.07. The molecule has 2 saturated heterocycles. The summed E-state index contributed by atoms with van der Waals surface area (Å²) in [5.74, 6) is 0.840. The molecule has 1 unspecified atom stereocenters. The second kappa shape index (κ2) is 9.34. The van der Waals surface area contributed by atoms with Crippen LogP contribution >= 0.6 is 0 Å². The van der Waals surface area contributed by atoms with Crippen molar-refractivity contribution in [3.05, 3.63) is 48.2 Å². The number of nitrogens with one attached hydrogen (secondary N) is 1. The Morgan fingerprint density at radius 2 is 1.96 bits per heavy atom. The second-order valence-corrected chi connectivity index (χ2v) is 7.87. The molecule has 1 aromatic carbocycles. The Morgan fingerprint density at radius 1 is 1.14 bits per heavy atom. The smallest absolute Gasteiger partial charge is 0.231 e. The number of carbonyl (C=O) groups is 1. The molecule has 2 fully saturated rings. The lowest BCUT2D eigenvalue weighted by atomic mass is 10.0. The van der Waals surface area contributed by atoms with Crippen LogP contribution in [0, 0.1) is 5.92 Å². The Hall–Kier alpha value is -2.18. The number of aryl methyl sites for hydroxylation is 1. The zero-order valence-corrected chi connectivity index (χ0v) is 16.4. The summed E-state index contributed by atoms with van der Waals surface area (Å²) in [5.41, 5.74) is 1.42. The van der Waals surface area contributed by atoms with Crippen molar-refractivity contribution < 1.29 is 9.53 Å². The summed E-state index contributed by atoms with van der Waals surface area (Å²) in [4.78, 5) is 14.9. The minimum absolute atomic E-state index is 0.0326. The first kappa shape index (κ1) is 19.2. The van der Waals surface area contributed by atoms with Crippen LogP contribution in [0.5, 0.6) is 0 Å². The van der Waals surface area contributed by atoms with Crippen molar-refractivity contribution in [3.63, 3.8) is 0 Å². The molecule has 1 N–H and O–H groups in total. The van der Waals surface area contributed by atoms with Gasteiger partial charge >= 0.3 is 0 Å². The Kier molecular flexibility index (Phi) is 6.39. The highest BCUT2D eigenvalue weighted by Crippen LogP contribution is 2.26. The molecule has 0 spiro atoms. The Labute approximate surface area is 166 Å². The third-order valence-electron chi connectivity index (χ3n) is 5.91. The van der Waals surface area contributed by atoms with Crippen LogP contribution in [-0.2, 0) is 16.0 Å². The van der Waals surface area contributed by atoms with Gasteiger partial charge in [-0.3, -0.25) is 4.79 Å². The fourth-order valence-electron chi connectivity index (χ4n) is 4.21. The number of ether oxygens (including phenoxy) is 1. The van der Waals surface area contributed by atoms with Crippen molar-refractivity contribution in [1.29, 1.82) is 0 Å². The number of hydrogen-bond acceptors (Lipinski definition) is 4. The fraction of sp³-hybridized carbons (Fsp3) is 0.545. The molecule has 3 heterocycles. The zero-order valence-electron chi connectivity index (χ0n) is 16.4. The van der Waals surface area contributed by atoms with E-state index in [0.29, 0.717) is 19.3 Å². The topological polar surface area (TPSA) is 59.4 Å². The van der Waals surface area contributed by atoms with Crippen LogP contribution in [0.1, 0.15) is 37.3 Å². The lowest BCUT2D eigenvalue weighted by Crippen LogP contribution is -2.36. The molecule has 0 aliphatic carbocycles. The summed E-state index contributed by atoms with van der Waals surface area (Å²) in [5, 5.41) is 7.56. The molecular formula is C22H30N4O2. The quantitative estimate of drug-likeness (QED) is 0.799. The minimum Gasteiger partial charge on any atom is -0.381 e. The Bertz CT molecular complexity index is 747. The molecule has 2 aliphatic heterocycles. The van der Waals surface area contributed by atoms with Crippen LogP contribution in [-0.4, -0.2) is 53.4 Å². The normalized spacial score (nSPS) is 21.1. The Balaban J connectivity index is 1.24. The predicted molar refractivity (Wildman–Crippen MR) is 109 cm³/mol. The molecule has 28 heavy (non-hydrogen) atoms. The number of anilines is 1. The molecule has 4 rings (SSSR count). The van der Waals surface area contributed by atoms with Crippen molar-refractivity contribution in [1.82, 2.24) is 14.7 Å². The summed E-state index contributed by atoms with van der Waals surface area (Å²) < 4.78 is 7.34. The molecule has 2 aliphatic rings. The summed E-state index contributed by atoms with van der Waals surface area (Å²) in [7, 11) is 0. The standard InChI is InChI=1S/C22H30N4O2/c27-22(19-11-16-28-17-19)24-21-8-12-23-26(21)20-9-14-25(15-10-20)13-4-7-18-5-2-1-3-6-18/h1-3,5-6,8,12,19-20H,4,7,9-11,13-17H2,(H,24,27). The molecular weight excluding hydrogens is 352 g/mol. The number of carbonyl (C=O) groups excluding carboxylic acids is 1. The average molecular weight is 383 g/mol. The minimum atomic E-state index is -0.0326. The van der Waals surface area contributed by atoms with E-state index in [2.05, 4.69) is 45.6 Å². The molecule has 0 radical (unpaired) electrons. The first-order valence-electron chi connectivity index (χ1n) is 10.5. The van der Waals surface area contributed by atoms with Crippen molar-refractivity contribution in [2.75, 3.05) is 38.2 Å². The van der Waals surface area contributed by atoms with Crippen LogP contribution in [0.25, 0.3) is 0 Å². The van der Waals surface area contributed by atoms with Gasteiger partial charge in [0.05, 0.1) is 24.8 Å². The molecule has 1 aromatic heterocycles. The fourth-order valence-corrected chi connectivity index (χ4v) is 4.21. The summed E-state index contributed by atoms with van der Waals surface area (Å²) in [6.45, 7) is 4.53. The van der Waals surface area contributed by atoms with E-state index >= 15 is 0 Å². The number of hydrogen-bond donors (Lipinski definition) is 1. The van der Waals surface area contributed by atoms with E-state index in [1.165, 1.54) is 12.0 Å². The van der Waals surface area contributed by atoms with Gasteiger partial charge in [0.2, 0.25) is 5.91 Å². The maximum absolute atomic E-state index is 12.4. The van der Waals surface area contributed by atoms with Crippen molar-refractivity contribution in [2.24, 2.45) is 5.92 Å². The lowest BCUT2D eigenvalue weighted by Gasteiger charge is -2.32. The van der Waals surface area contributed by atoms with Gasteiger partial charge in [-0.25, -0.2) is 4.68 Å². The number of aromatic nitrogens is 2. The largest absolute Gasteiger partial charge is 0.381 e. The number of amides is 1. The van der Waals surface area contributed by atoms with Crippen molar-refractivity contribution in [3.8, 4) is 0 Å². The van der Waals surface area contributed by atoms with Gasteiger partial charge in [0, 0.05) is 25.8 Å². The predicted octanol–water partition coefficient (Wildman–Crippen LogP) is 3.13. The van der Waals surface area contributed by atoms with Gasteiger partial charge in [-0.1, -0.05) is 30.3 Å². The number of nitrogens with zero attached hydrogens (tertiary/aromatic N) is 3. The molecule has 0 saturated carbocycles. The van der Waals surface area contributed by atoms with Gasteiger partial charge in [-0.15, -0.1) is 0 Å². The molecule has 1 atom stereocenters. The van der Waals surface area contributed by atoms with E-state index in [0.717, 1.165) is 51.1 Å². The van der Waals surface area contributed by atoms with Crippen LogP contribution < -0.4 is 5.32 Å². The third-order valence-corrected chi connectivity index (χ3v) is 5.91. The van der Waals surface area contributed by atoms with E-state index < -0.39 is 0 Å². The molecule has 2 aromatic rings. The van der Waals surface area contributed by atoms with E-state index in [4.69, 9.17) is 4.74 Å². The monoisotopic (exact) mass is 382 g/mol. The molecule has 6 nitrogen and oxygen atoms in total. The number of benzene rings is 1. The van der Waals surface area contributed by atoms with E-state index in [1.54, 1.807) is 6.20 Å². The van der Waals surface area contributed by atoms with Gasteiger partial charge in [0.1, 0.15) is 5.82 Å². The molecule has 0 bridgehead atoms. The van der Waals surface area contributed by atoms with Crippen LogP contribution in [0.3, 0.4) is 0 Å². The van der Waals surface area contributed by atoms with E-state index in [9.17, 15) is 4.79 Å². The highest BCUT2D eigenvalue weighted by Gasteiger charge is 2.26. The van der Waals surface area contributed by atoms with Gasteiger partial charge in [-0.2, -0.15) is 5.10 Å². The first-order valence-corrected chi connectivity index (χ1v) is 10.5. The van der Waals surface area contributed by atoms with Crippen molar-refractivity contribution in [2.45, 2.75) is 38.1 Å².